The summed E-state index contributed by atoms with van der Waals surface area (Å²) in [6.45, 7) is 11.3. The summed E-state index contributed by atoms with van der Waals surface area (Å²) in [5.41, 5.74) is 0.961. The van der Waals surface area contributed by atoms with Crippen LogP contribution in [0.1, 0.15) is 70.7 Å². The van der Waals surface area contributed by atoms with Crippen LogP contribution in [0.2, 0.25) is 0 Å². The minimum Gasteiger partial charge on any atom is -0.491 e. The molecule has 28 heavy (non-hydrogen) atoms. The van der Waals surface area contributed by atoms with Crippen LogP contribution >= 0.6 is 0 Å². The van der Waals surface area contributed by atoms with Crippen LogP contribution in [0.4, 0.5) is 5.69 Å². The first-order valence-electron chi connectivity index (χ1n) is 10.6. The maximum Gasteiger partial charge on any atom is 0.338 e. The Morgan fingerprint density at radius 2 is 1.96 bits per heavy atom. The minimum absolute atomic E-state index is 0.0194. The van der Waals surface area contributed by atoms with E-state index in [1.165, 1.54) is 6.42 Å². The Hall–Kier alpha value is -2.04. The maximum absolute atomic E-state index is 13.2. The Bertz CT molecular complexity index is 671. The van der Waals surface area contributed by atoms with E-state index in [4.69, 9.17) is 9.47 Å². The van der Waals surface area contributed by atoms with Gasteiger partial charge in [0.1, 0.15) is 5.75 Å². The van der Waals surface area contributed by atoms with Gasteiger partial charge in [0.25, 0.3) is 0 Å². The molecule has 1 amide bonds. The molecule has 1 aromatic rings. The number of esters is 1. The molecule has 0 aromatic heterocycles. The largest absolute Gasteiger partial charge is 0.491 e. The molecule has 156 valence electrons. The molecule has 5 nitrogen and oxygen atoms in total. The molecule has 1 aliphatic rings. The zero-order valence-electron chi connectivity index (χ0n) is 17.9. The first kappa shape index (κ1) is 22.3. The molecule has 3 atom stereocenters. The second-order valence-corrected chi connectivity index (χ2v) is 8.20. The lowest BCUT2D eigenvalue weighted by molar-refractivity contribution is -0.124. The van der Waals surface area contributed by atoms with Crippen LogP contribution in [0.25, 0.3) is 0 Å². The molecule has 5 heteroatoms. The lowest BCUT2D eigenvalue weighted by atomic mass is 9.70. The molecular weight excluding hydrogens is 354 g/mol. The molecule has 0 bridgehead atoms. The molecule has 1 aliphatic carbocycles. The van der Waals surface area contributed by atoms with Crippen molar-refractivity contribution in [2.24, 2.45) is 23.7 Å². The van der Waals surface area contributed by atoms with Gasteiger partial charge in [-0.2, -0.15) is 0 Å². The van der Waals surface area contributed by atoms with Gasteiger partial charge >= 0.3 is 5.97 Å². The summed E-state index contributed by atoms with van der Waals surface area (Å²) in [6, 6.07) is 5.08. The van der Waals surface area contributed by atoms with Gasteiger partial charge in [0.15, 0.2) is 0 Å². The van der Waals surface area contributed by atoms with E-state index in [0.29, 0.717) is 48.0 Å². The number of anilines is 1. The van der Waals surface area contributed by atoms with Gasteiger partial charge in [0.2, 0.25) is 5.91 Å². The Balaban J connectivity index is 2.26. The van der Waals surface area contributed by atoms with Crippen LogP contribution < -0.4 is 10.1 Å². The van der Waals surface area contributed by atoms with Gasteiger partial charge in [0, 0.05) is 5.92 Å². The molecule has 0 saturated heterocycles. The Labute approximate surface area is 169 Å². The Morgan fingerprint density at radius 3 is 2.61 bits per heavy atom. The maximum atomic E-state index is 13.2. The van der Waals surface area contributed by atoms with E-state index < -0.39 is 5.97 Å². The third-order valence-electron chi connectivity index (χ3n) is 5.57. The van der Waals surface area contributed by atoms with E-state index >= 15 is 0 Å². The number of benzene rings is 1. The third-order valence-corrected chi connectivity index (χ3v) is 5.57. The lowest BCUT2D eigenvalue weighted by Crippen LogP contribution is -2.36. The summed E-state index contributed by atoms with van der Waals surface area (Å²) in [4.78, 5) is 25.3. The number of carbonyl (C=O) groups is 2. The molecule has 0 heterocycles. The monoisotopic (exact) mass is 389 g/mol. The average molecular weight is 390 g/mol. The van der Waals surface area contributed by atoms with Gasteiger partial charge < -0.3 is 14.8 Å². The smallest absolute Gasteiger partial charge is 0.338 e. The van der Waals surface area contributed by atoms with E-state index in [9.17, 15) is 9.59 Å². The fourth-order valence-corrected chi connectivity index (χ4v) is 4.04. The van der Waals surface area contributed by atoms with Crippen LogP contribution in [-0.2, 0) is 9.53 Å². The summed E-state index contributed by atoms with van der Waals surface area (Å²) < 4.78 is 10.9. The summed E-state index contributed by atoms with van der Waals surface area (Å²) in [5.74, 6) is 1.59. The highest BCUT2D eigenvalue weighted by Crippen LogP contribution is 2.39. The molecule has 1 aromatic carbocycles. The van der Waals surface area contributed by atoms with Gasteiger partial charge in [0.05, 0.1) is 24.5 Å². The number of rotatable bonds is 8. The molecule has 0 radical (unpaired) electrons. The van der Waals surface area contributed by atoms with Crippen LogP contribution in [0, 0.1) is 23.7 Å². The summed E-state index contributed by atoms with van der Waals surface area (Å²) in [5, 5.41) is 3.06. The van der Waals surface area contributed by atoms with Gasteiger partial charge in [-0.15, -0.1) is 0 Å². The van der Waals surface area contributed by atoms with Crippen molar-refractivity contribution in [2.45, 2.75) is 60.3 Å². The second-order valence-electron chi connectivity index (χ2n) is 8.20. The van der Waals surface area contributed by atoms with Crippen molar-refractivity contribution in [3.63, 3.8) is 0 Å². The Morgan fingerprint density at radius 1 is 1.21 bits per heavy atom. The van der Waals surface area contributed by atoms with E-state index in [0.717, 1.165) is 19.3 Å². The molecule has 2 rings (SSSR count). The van der Waals surface area contributed by atoms with Gasteiger partial charge in [-0.25, -0.2) is 4.79 Å². The van der Waals surface area contributed by atoms with Crippen LogP contribution in [-0.4, -0.2) is 25.1 Å². The summed E-state index contributed by atoms with van der Waals surface area (Å²) in [7, 11) is 0. The van der Waals surface area contributed by atoms with E-state index in [1.54, 1.807) is 25.1 Å². The van der Waals surface area contributed by atoms with Crippen molar-refractivity contribution >= 4 is 17.6 Å². The summed E-state index contributed by atoms with van der Waals surface area (Å²) >= 11 is 0. The molecule has 1 saturated carbocycles. The highest BCUT2D eigenvalue weighted by atomic mass is 16.5. The molecule has 1 fully saturated rings. The topological polar surface area (TPSA) is 64.6 Å². The fourth-order valence-electron chi connectivity index (χ4n) is 4.04. The van der Waals surface area contributed by atoms with Crippen molar-refractivity contribution < 1.29 is 19.1 Å². The molecule has 0 unspecified atom stereocenters. The molecular formula is C23H35NO4. The van der Waals surface area contributed by atoms with Crippen LogP contribution in [0.15, 0.2) is 18.2 Å². The van der Waals surface area contributed by atoms with E-state index in [-0.39, 0.29) is 11.8 Å². The zero-order chi connectivity index (χ0) is 20.7. The van der Waals surface area contributed by atoms with E-state index in [1.807, 2.05) is 6.92 Å². The fraction of sp³-hybridized carbons (Fsp3) is 0.652. The molecule has 1 N–H and O–H groups in total. The number of amides is 1. The van der Waals surface area contributed by atoms with Crippen molar-refractivity contribution in [1.82, 2.24) is 0 Å². The lowest BCUT2D eigenvalue weighted by Gasteiger charge is -2.36. The highest BCUT2D eigenvalue weighted by Gasteiger charge is 2.35. The second kappa shape index (κ2) is 10.5. The van der Waals surface area contributed by atoms with Gasteiger partial charge in [-0.3, -0.25) is 4.79 Å². The molecule has 0 aliphatic heterocycles. The first-order valence-corrected chi connectivity index (χ1v) is 10.6. The third kappa shape index (κ3) is 5.73. The zero-order valence-corrected chi connectivity index (χ0v) is 17.9. The predicted octanol–water partition coefficient (Wildman–Crippen LogP) is 5.30. The number of hydrogen-bond acceptors (Lipinski definition) is 4. The standard InChI is InChI=1S/C23H35NO4/c1-6-12-28-21-11-9-17(23(26)27-7-2)14-20(21)24-22(25)19-13-16(5)8-10-18(19)15(3)4/h9,11,14-16,18-19H,6-8,10,12-13H2,1-5H3,(H,24,25)/t16-,18+,19-/m1/s1. The average Bonchev–Trinajstić information content (AvgIpc) is 2.66. The van der Waals surface area contributed by atoms with Crippen molar-refractivity contribution in [3.8, 4) is 5.75 Å². The van der Waals surface area contributed by atoms with Crippen LogP contribution in [0.3, 0.4) is 0 Å². The first-order chi connectivity index (χ1) is 13.4. The highest BCUT2D eigenvalue weighted by molar-refractivity contribution is 5.97. The quantitative estimate of drug-likeness (QED) is 0.613. The van der Waals surface area contributed by atoms with Crippen LogP contribution in [0.5, 0.6) is 5.75 Å². The van der Waals surface area contributed by atoms with Crippen molar-refractivity contribution in [3.05, 3.63) is 23.8 Å². The number of nitrogens with one attached hydrogen (secondary N) is 1. The number of ether oxygens (including phenoxy) is 2. The summed E-state index contributed by atoms with van der Waals surface area (Å²) in [6.07, 6.45) is 4.02. The van der Waals surface area contributed by atoms with Crippen molar-refractivity contribution in [1.29, 1.82) is 0 Å². The minimum atomic E-state index is -0.397. The number of hydrogen-bond donors (Lipinski definition) is 1. The molecule has 0 spiro atoms. The number of carbonyl (C=O) groups excluding carboxylic acids is 2. The SMILES string of the molecule is CCCOc1ccc(C(=O)OCC)cc1NC(=O)[C@@H]1C[C@H](C)CC[C@H]1C(C)C. The van der Waals surface area contributed by atoms with Gasteiger partial charge in [-0.05, 0) is 62.1 Å². The van der Waals surface area contributed by atoms with Crippen molar-refractivity contribution in [2.75, 3.05) is 18.5 Å². The Kier molecular flexibility index (Phi) is 8.34. The van der Waals surface area contributed by atoms with E-state index in [2.05, 4.69) is 26.1 Å². The van der Waals surface area contributed by atoms with Gasteiger partial charge in [-0.1, -0.05) is 34.1 Å². The normalized spacial score (nSPS) is 22.0. The predicted molar refractivity (Wildman–Crippen MR) is 112 cm³/mol.